The van der Waals surface area contributed by atoms with Gasteiger partial charge in [0.25, 0.3) is 0 Å². The van der Waals surface area contributed by atoms with Crippen LogP contribution in [0.3, 0.4) is 0 Å². The highest BCUT2D eigenvalue weighted by Gasteiger charge is 2.74. The maximum Gasteiger partial charge on any atom is 0.246 e. The molecule has 3 aromatic rings. The van der Waals surface area contributed by atoms with Crippen LogP contribution in [0, 0.1) is 12.8 Å². The zero-order valence-electron chi connectivity index (χ0n) is 24.7. The monoisotopic (exact) mass is 564 g/mol. The number of piperidine rings is 1. The number of nitrogens with zero attached hydrogens (tertiary/aromatic N) is 2. The van der Waals surface area contributed by atoms with Crippen molar-refractivity contribution in [1.82, 2.24) is 9.80 Å². The van der Waals surface area contributed by atoms with Gasteiger partial charge in [0.05, 0.1) is 17.1 Å². The Morgan fingerprint density at radius 3 is 2.74 bits per heavy atom. The van der Waals surface area contributed by atoms with Gasteiger partial charge >= 0.3 is 0 Å². The van der Waals surface area contributed by atoms with Crippen molar-refractivity contribution in [1.29, 1.82) is 0 Å². The summed E-state index contributed by atoms with van der Waals surface area (Å²) in [7, 11) is 1.85. The number of carbonyl (C=O) groups is 1. The van der Waals surface area contributed by atoms with E-state index in [4.69, 9.17) is 4.74 Å². The summed E-state index contributed by atoms with van der Waals surface area (Å²) < 4.78 is 6.73. The summed E-state index contributed by atoms with van der Waals surface area (Å²) in [5.41, 5.74) is 3.83. The molecule has 1 amide bonds. The molecule has 6 heteroatoms. The van der Waals surface area contributed by atoms with Crippen molar-refractivity contribution >= 4 is 12.0 Å². The van der Waals surface area contributed by atoms with Crippen molar-refractivity contribution in [2.24, 2.45) is 5.92 Å². The van der Waals surface area contributed by atoms with E-state index in [9.17, 15) is 15.0 Å². The summed E-state index contributed by atoms with van der Waals surface area (Å²) in [6, 6.07) is 22.0. The van der Waals surface area contributed by atoms with Gasteiger partial charge in [-0.05, 0) is 73.9 Å². The Kier molecular flexibility index (Phi) is 6.48. The Morgan fingerprint density at radius 2 is 1.95 bits per heavy atom. The number of rotatable bonds is 6. The van der Waals surface area contributed by atoms with Gasteiger partial charge in [0, 0.05) is 31.3 Å². The normalized spacial score (nSPS) is 31.0. The van der Waals surface area contributed by atoms with Crippen molar-refractivity contribution in [3.63, 3.8) is 0 Å². The molecule has 2 aliphatic heterocycles. The van der Waals surface area contributed by atoms with Crippen LogP contribution in [0.2, 0.25) is 0 Å². The molecule has 0 unspecified atom stereocenters. The van der Waals surface area contributed by atoms with Gasteiger partial charge in [0.15, 0.2) is 11.5 Å². The fraction of sp³-hybridized carbons (Fsp3) is 0.417. The van der Waals surface area contributed by atoms with Gasteiger partial charge in [-0.3, -0.25) is 9.69 Å². The van der Waals surface area contributed by atoms with E-state index in [-0.39, 0.29) is 29.7 Å². The molecule has 1 saturated heterocycles. The largest absolute Gasteiger partial charge is 0.504 e. The van der Waals surface area contributed by atoms with Crippen LogP contribution < -0.4 is 4.74 Å². The second-order valence-electron chi connectivity index (χ2n) is 13.0. The number of hydrogen-bond donors (Lipinski definition) is 2. The lowest BCUT2D eigenvalue weighted by Crippen LogP contribution is -2.79. The second kappa shape index (κ2) is 9.99. The lowest BCUT2D eigenvalue weighted by Gasteiger charge is -2.66. The maximum absolute atomic E-state index is 13.6. The van der Waals surface area contributed by atoms with Crippen LogP contribution in [0.4, 0.5) is 0 Å². The Hall–Kier alpha value is -3.61. The number of hydrogen-bond acceptors (Lipinski definition) is 5. The van der Waals surface area contributed by atoms with Gasteiger partial charge in [0.2, 0.25) is 5.91 Å². The minimum Gasteiger partial charge on any atom is -0.504 e. The first-order chi connectivity index (χ1) is 20.2. The molecule has 3 aromatic carbocycles. The number of aryl methyl sites for hydroxylation is 1. The number of ether oxygens (including phenoxy) is 1. The molecule has 218 valence electrons. The van der Waals surface area contributed by atoms with Crippen molar-refractivity contribution in [3.05, 3.63) is 101 Å². The Balaban J connectivity index is 1.24. The molecule has 6 atom stereocenters. The number of likely N-dealkylation sites (tertiary alicyclic amines) is 1. The topological polar surface area (TPSA) is 73.2 Å². The predicted molar refractivity (Wildman–Crippen MR) is 164 cm³/mol. The second-order valence-corrected chi connectivity index (χ2v) is 13.0. The summed E-state index contributed by atoms with van der Waals surface area (Å²) in [6.07, 6.45) is 5.98. The fourth-order valence-electron chi connectivity index (χ4n) is 8.85. The molecule has 7 rings (SSSR count). The highest BCUT2D eigenvalue weighted by Crippen LogP contribution is 2.66. The number of aromatic hydroxyl groups is 1. The number of phenolic OH excluding ortho intramolecular Hbond substituents is 1. The molecular formula is C36H40N2O4. The number of amides is 1. The van der Waals surface area contributed by atoms with Gasteiger partial charge in [0.1, 0.15) is 6.10 Å². The van der Waals surface area contributed by atoms with E-state index in [0.29, 0.717) is 18.6 Å². The molecule has 1 spiro atoms. The smallest absolute Gasteiger partial charge is 0.246 e. The quantitative estimate of drug-likeness (QED) is 0.418. The molecule has 2 aliphatic carbocycles. The van der Waals surface area contributed by atoms with Crippen molar-refractivity contribution < 1.29 is 19.7 Å². The van der Waals surface area contributed by atoms with E-state index in [1.54, 1.807) is 12.1 Å². The van der Waals surface area contributed by atoms with Crippen LogP contribution >= 0.6 is 0 Å². The Labute approximate surface area is 248 Å². The van der Waals surface area contributed by atoms with Gasteiger partial charge in [-0.15, -0.1) is 0 Å². The molecule has 4 aliphatic rings. The third-order valence-corrected chi connectivity index (χ3v) is 10.7. The van der Waals surface area contributed by atoms with Crippen LogP contribution in [0.5, 0.6) is 11.5 Å². The van der Waals surface area contributed by atoms with Crippen LogP contribution in [0.1, 0.15) is 47.6 Å². The van der Waals surface area contributed by atoms with Gasteiger partial charge in [-0.2, -0.15) is 0 Å². The third kappa shape index (κ3) is 3.95. The first-order valence-electron chi connectivity index (χ1n) is 15.3. The molecule has 1 saturated carbocycles. The molecule has 0 radical (unpaired) electrons. The van der Waals surface area contributed by atoms with E-state index in [1.807, 2.05) is 55.3 Å². The molecule has 2 heterocycles. The maximum atomic E-state index is 13.6. The minimum atomic E-state index is -1.03. The van der Waals surface area contributed by atoms with Crippen LogP contribution in [-0.4, -0.2) is 69.8 Å². The summed E-state index contributed by atoms with van der Waals surface area (Å²) in [4.78, 5) is 17.9. The minimum absolute atomic E-state index is 0.0102. The lowest BCUT2D eigenvalue weighted by molar-refractivity contribution is -0.211. The molecule has 42 heavy (non-hydrogen) atoms. The summed E-state index contributed by atoms with van der Waals surface area (Å²) in [5.74, 6) is 0.516. The van der Waals surface area contributed by atoms with E-state index in [1.165, 1.54) is 5.56 Å². The third-order valence-electron chi connectivity index (χ3n) is 10.7. The first kappa shape index (κ1) is 27.2. The molecule has 6 nitrogen and oxygen atoms in total. The van der Waals surface area contributed by atoms with E-state index in [2.05, 4.69) is 42.2 Å². The molecule has 2 fully saturated rings. The summed E-state index contributed by atoms with van der Waals surface area (Å²) in [6.45, 7) is 5.88. The highest BCUT2D eigenvalue weighted by molar-refractivity contribution is 5.92. The fourth-order valence-corrected chi connectivity index (χ4v) is 8.85. The zero-order valence-corrected chi connectivity index (χ0v) is 24.7. The first-order valence-corrected chi connectivity index (χ1v) is 15.3. The average molecular weight is 565 g/mol. The van der Waals surface area contributed by atoms with Crippen LogP contribution in [0.25, 0.3) is 6.08 Å². The Bertz CT molecular complexity index is 1550. The number of aliphatic hydroxyl groups is 1. The molecule has 2 N–H and O–H groups in total. The number of benzene rings is 3. The highest BCUT2D eigenvalue weighted by atomic mass is 16.5. The van der Waals surface area contributed by atoms with Crippen LogP contribution in [-0.2, 0) is 23.1 Å². The van der Waals surface area contributed by atoms with E-state index < -0.39 is 17.1 Å². The van der Waals surface area contributed by atoms with E-state index >= 15 is 0 Å². The van der Waals surface area contributed by atoms with Gasteiger partial charge in [-0.25, -0.2) is 0 Å². The van der Waals surface area contributed by atoms with Crippen molar-refractivity contribution in [2.75, 3.05) is 20.1 Å². The van der Waals surface area contributed by atoms with Crippen molar-refractivity contribution in [2.45, 2.75) is 68.7 Å². The average Bonchev–Trinajstić information content (AvgIpc) is 3.32. The molecular weight excluding hydrogens is 524 g/mol. The van der Waals surface area contributed by atoms with E-state index in [0.717, 1.165) is 48.2 Å². The SMILES string of the molecule is Cc1cccc(C=CC(=O)N(C)[C@@H]2[C@H](C)C[C@@]3(O)[C@H]4Cc5ccc(O)c6c5[C@@]3(CCN4CCc3ccccc3)[C@H]2O6)c1. The Morgan fingerprint density at radius 1 is 1.14 bits per heavy atom. The molecule has 0 aromatic heterocycles. The van der Waals surface area contributed by atoms with Crippen molar-refractivity contribution in [3.8, 4) is 11.5 Å². The standard InChI is InChI=1S/C36H40N2O4/c1-23-8-7-11-26(20-23)12-15-30(40)37(3)32-24(2)22-36(41)29-21-27-13-14-28(39)33-31(27)35(36,34(32)42-33)17-19-38(29)18-16-25-9-5-4-6-10-25/h4-15,20,24,29,32,34,39,41H,16-19,21-22H2,1-3H3/t24-,29-,32-,34+,35+,36-/m1/s1. The predicted octanol–water partition coefficient (Wildman–Crippen LogP) is 4.88. The summed E-state index contributed by atoms with van der Waals surface area (Å²) in [5, 5.41) is 23.9. The van der Waals surface area contributed by atoms with Crippen LogP contribution in [0.15, 0.2) is 72.8 Å². The lowest BCUT2D eigenvalue weighted by atomic mass is 9.46. The molecule has 2 bridgehead atoms. The number of carbonyl (C=O) groups excluding carboxylic acids is 1. The summed E-state index contributed by atoms with van der Waals surface area (Å²) >= 11 is 0. The number of phenols is 1. The van der Waals surface area contributed by atoms with Gasteiger partial charge < -0.3 is 19.8 Å². The van der Waals surface area contributed by atoms with Gasteiger partial charge in [-0.1, -0.05) is 73.2 Å². The zero-order chi connectivity index (χ0) is 29.2. The number of likely N-dealkylation sites (N-methyl/N-ethyl adjacent to an activating group) is 1.